The van der Waals surface area contributed by atoms with E-state index in [9.17, 15) is 8.78 Å². The lowest BCUT2D eigenvalue weighted by Gasteiger charge is -2.35. The summed E-state index contributed by atoms with van der Waals surface area (Å²) in [7, 11) is 1.56. The molecular weight excluding hydrogens is 186 g/mol. The maximum Gasteiger partial charge on any atom is 0.272 e. The van der Waals surface area contributed by atoms with E-state index in [1.807, 2.05) is 11.8 Å². The SMILES string of the molecule is CNCC(F)(F)CN1CCCCC1C. The molecule has 1 heterocycles. The van der Waals surface area contributed by atoms with Gasteiger partial charge in [0.1, 0.15) is 0 Å². The molecule has 0 aromatic heterocycles. The molecule has 2 nitrogen and oxygen atoms in total. The van der Waals surface area contributed by atoms with Crippen molar-refractivity contribution >= 4 is 0 Å². The third-order valence-electron chi connectivity index (χ3n) is 2.81. The van der Waals surface area contributed by atoms with Crippen molar-refractivity contribution in [1.29, 1.82) is 0 Å². The molecule has 0 aliphatic carbocycles. The van der Waals surface area contributed by atoms with E-state index < -0.39 is 5.92 Å². The summed E-state index contributed by atoms with van der Waals surface area (Å²) in [6.45, 7) is 2.53. The molecule has 1 aliphatic rings. The van der Waals surface area contributed by atoms with Crippen LogP contribution in [0.5, 0.6) is 0 Å². The van der Waals surface area contributed by atoms with Gasteiger partial charge in [-0.25, -0.2) is 8.78 Å². The highest BCUT2D eigenvalue weighted by Crippen LogP contribution is 2.21. The van der Waals surface area contributed by atoms with Crippen LogP contribution in [-0.4, -0.2) is 43.5 Å². The smallest absolute Gasteiger partial charge is 0.272 e. The Morgan fingerprint density at radius 3 is 2.71 bits per heavy atom. The number of alkyl halides is 2. The summed E-state index contributed by atoms with van der Waals surface area (Å²) >= 11 is 0. The molecule has 1 rings (SSSR count). The van der Waals surface area contributed by atoms with Gasteiger partial charge >= 0.3 is 0 Å². The minimum absolute atomic E-state index is 0.102. The van der Waals surface area contributed by atoms with Crippen molar-refractivity contribution in [3.8, 4) is 0 Å². The third kappa shape index (κ3) is 3.50. The van der Waals surface area contributed by atoms with E-state index in [4.69, 9.17) is 0 Å². The Morgan fingerprint density at radius 2 is 2.14 bits per heavy atom. The minimum atomic E-state index is -2.60. The van der Waals surface area contributed by atoms with Gasteiger partial charge in [-0.2, -0.15) is 0 Å². The predicted octanol–water partition coefficient (Wildman–Crippen LogP) is 1.72. The first-order valence-corrected chi connectivity index (χ1v) is 5.31. The van der Waals surface area contributed by atoms with E-state index in [2.05, 4.69) is 5.32 Å². The second kappa shape index (κ2) is 5.03. The molecule has 0 saturated carbocycles. The summed E-state index contributed by atoms with van der Waals surface area (Å²) in [4.78, 5) is 1.90. The molecule has 1 aliphatic heterocycles. The van der Waals surface area contributed by atoms with Crippen LogP contribution in [0.1, 0.15) is 26.2 Å². The fourth-order valence-electron chi connectivity index (χ4n) is 2.00. The van der Waals surface area contributed by atoms with E-state index in [-0.39, 0.29) is 13.1 Å². The number of hydrogen-bond donors (Lipinski definition) is 1. The van der Waals surface area contributed by atoms with Gasteiger partial charge in [0.15, 0.2) is 0 Å². The normalized spacial score (nSPS) is 25.3. The van der Waals surface area contributed by atoms with Crippen LogP contribution in [0.3, 0.4) is 0 Å². The highest BCUT2D eigenvalue weighted by molar-refractivity contribution is 4.80. The molecule has 0 amide bonds. The highest BCUT2D eigenvalue weighted by Gasteiger charge is 2.33. The van der Waals surface area contributed by atoms with Gasteiger partial charge in [-0.05, 0) is 33.4 Å². The molecule has 14 heavy (non-hydrogen) atoms. The molecule has 0 bridgehead atoms. The summed E-state index contributed by atoms with van der Waals surface area (Å²) in [6.07, 6.45) is 3.28. The average molecular weight is 206 g/mol. The zero-order valence-corrected chi connectivity index (χ0v) is 9.02. The molecule has 1 saturated heterocycles. The van der Waals surface area contributed by atoms with Crippen molar-refractivity contribution in [1.82, 2.24) is 10.2 Å². The van der Waals surface area contributed by atoms with E-state index in [1.54, 1.807) is 7.05 Å². The second-order valence-electron chi connectivity index (χ2n) is 4.20. The molecule has 0 spiro atoms. The quantitative estimate of drug-likeness (QED) is 0.753. The Bertz CT molecular complexity index is 174. The van der Waals surface area contributed by atoms with Crippen molar-refractivity contribution in [3.63, 3.8) is 0 Å². The Morgan fingerprint density at radius 1 is 1.43 bits per heavy atom. The summed E-state index contributed by atoms with van der Waals surface area (Å²) in [5.41, 5.74) is 0. The van der Waals surface area contributed by atoms with Crippen LogP contribution in [0, 0.1) is 0 Å². The van der Waals surface area contributed by atoms with Gasteiger partial charge in [-0.3, -0.25) is 4.90 Å². The summed E-state index contributed by atoms with van der Waals surface area (Å²) < 4.78 is 26.6. The summed E-state index contributed by atoms with van der Waals surface area (Å²) in [5.74, 6) is -2.60. The topological polar surface area (TPSA) is 15.3 Å². The molecule has 0 aromatic carbocycles. The number of likely N-dealkylation sites (tertiary alicyclic amines) is 1. The van der Waals surface area contributed by atoms with Crippen molar-refractivity contribution < 1.29 is 8.78 Å². The number of nitrogens with zero attached hydrogens (tertiary/aromatic N) is 1. The first-order valence-electron chi connectivity index (χ1n) is 5.31. The minimum Gasteiger partial charge on any atom is -0.314 e. The van der Waals surface area contributed by atoms with Crippen molar-refractivity contribution in [2.75, 3.05) is 26.7 Å². The Hall–Kier alpha value is -0.220. The zero-order chi connectivity index (χ0) is 10.6. The van der Waals surface area contributed by atoms with Crippen molar-refractivity contribution in [3.05, 3.63) is 0 Å². The maximum absolute atomic E-state index is 13.3. The molecular formula is C10H20F2N2. The lowest BCUT2D eigenvalue weighted by molar-refractivity contribution is -0.0436. The van der Waals surface area contributed by atoms with Crippen molar-refractivity contribution in [2.45, 2.75) is 38.2 Å². The third-order valence-corrected chi connectivity index (χ3v) is 2.81. The number of halogens is 2. The van der Waals surface area contributed by atoms with Crippen LogP contribution in [0.4, 0.5) is 8.78 Å². The lowest BCUT2D eigenvalue weighted by atomic mass is 10.0. The molecule has 0 aromatic rings. The zero-order valence-electron chi connectivity index (χ0n) is 9.02. The standard InChI is InChI=1S/C10H20F2N2/c1-9-5-3-4-6-14(9)8-10(11,12)7-13-2/h9,13H,3-8H2,1-2H3. The van der Waals surface area contributed by atoms with Crippen LogP contribution in [0.2, 0.25) is 0 Å². The molecule has 1 fully saturated rings. The predicted molar refractivity (Wildman–Crippen MR) is 53.8 cm³/mol. The van der Waals surface area contributed by atoms with Crippen LogP contribution in [0.25, 0.3) is 0 Å². The first kappa shape index (κ1) is 11.9. The molecule has 0 radical (unpaired) electrons. The van der Waals surface area contributed by atoms with E-state index >= 15 is 0 Å². The molecule has 84 valence electrons. The van der Waals surface area contributed by atoms with Crippen LogP contribution in [-0.2, 0) is 0 Å². The number of hydrogen-bond acceptors (Lipinski definition) is 2. The van der Waals surface area contributed by atoms with Gasteiger partial charge in [0.05, 0.1) is 13.1 Å². The number of rotatable bonds is 4. The lowest BCUT2D eigenvalue weighted by Crippen LogP contribution is -2.47. The monoisotopic (exact) mass is 206 g/mol. The average Bonchev–Trinajstić information content (AvgIpc) is 2.08. The van der Waals surface area contributed by atoms with Crippen LogP contribution in [0.15, 0.2) is 0 Å². The summed E-state index contributed by atoms with van der Waals surface area (Å²) in [6, 6.07) is 0.312. The maximum atomic E-state index is 13.3. The van der Waals surface area contributed by atoms with Gasteiger partial charge < -0.3 is 5.32 Å². The van der Waals surface area contributed by atoms with Gasteiger partial charge in [0.25, 0.3) is 5.92 Å². The van der Waals surface area contributed by atoms with Gasteiger partial charge in [0, 0.05) is 6.04 Å². The first-order chi connectivity index (χ1) is 6.55. The fourth-order valence-corrected chi connectivity index (χ4v) is 2.00. The fraction of sp³-hybridized carbons (Fsp3) is 1.00. The molecule has 4 heteroatoms. The highest BCUT2D eigenvalue weighted by atomic mass is 19.3. The van der Waals surface area contributed by atoms with Crippen LogP contribution >= 0.6 is 0 Å². The van der Waals surface area contributed by atoms with Gasteiger partial charge in [0.2, 0.25) is 0 Å². The molecule has 1 unspecified atom stereocenters. The Kier molecular flexibility index (Phi) is 4.26. The Balaban J connectivity index is 2.40. The Labute approximate surface area is 84.7 Å². The van der Waals surface area contributed by atoms with Gasteiger partial charge in [-0.15, -0.1) is 0 Å². The van der Waals surface area contributed by atoms with Crippen LogP contribution < -0.4 is 5.32 Å². The van der Waals surface area contributed by atoms with E-state index in [0.29, 0.717) is 6.04 Å². The second-order valence-corrected chi connectivity index (χ2v) is 4.20. The van der Waals surface area contributed by atoms with Gasteiger partial charge in [-0.1, -0.05) is 6.42 Å². The summed E-state index contributed by atoms with van der Waals surface area (Å²) in [5, 5.41) is 2.54. The number of piperidine rings is 1. The molecule has 1 atom stereocenters. The molecule has 1 N–H and O–H groups in total. The van der Waals surface area contributed by atoms with Crippen molar-refractivity contribution in [2.24, 2.45) is 0 Å². The number of nitrogens with one attached hydrogen (secondary N) is 1. The van der Waals surface area contributed by atoms with E-state index in [1.165, 1.54) is 6.42 Å². The largest absolute Gasteiger partial charge is 0.314 e. The van der Waals surface area contributed by atoms with E-state index in [0.717, 1.165) is 19.4 Å².